The molecule has 1 aromatic carbocycles. The highest BCUT2D eigenvalue weighted by atomic mass is 127. The van der Waals surface area contributed by atoms with Gasteiger partial charge in [0.2, 0.25) is 5.91 Å². The van der Waals surface area contributed by atoms with Gasteiger partial charge in [0.25, 0.3) is 0 Å². The molecule has 2 heterocycles. The van der Waals surface area contributed by atoms with Crippen LogP contribution in [0.2, 0.25) is 0 Å². The number of benzene rings is 1. The molecule has 0 unspecified atom stereocenters. The van der Waals surface area contributed by atoms with Gasteiger partial charge in [-0.1, -0.05) is 30.3 Å². The molecule has 2 fully saturated rings. The monoisotopic (exact) mass is 556 g/mol. The zero-order chi connectivity index (χ0) is 22.1. The van der Waals surface area contributed by atoms with E-state index >= 15 is 0 Å². The van der Waals surface area contributed by atoms with E-state index in [0.717, 1.165) is 64.2 Å². The molecule has 2 saturated heterocycles. The number of piperidine rings is 2. The number of aliphatic imine (C=N–C) groups is 1. The fraction of sp³-hybridized carbons (Fsp3) is 0.625. The minimum absolute atomic E-state index is 0. The smallest absolute Gasteiger partial charge is 0.309 e. The Balaban J connectivity index is 0.00000363. The van der Waals surface area contributed by atoms with Crippen molar-refractivity contribution in [1.82, 2.24) is 15.1 Å². The van der Waals surface area contributed by atoms with Gasteiger partial charge in [-0.05, 0) is 50.5 Å². The van der Waals surface area contributed by atoms with Gasteiger partial charge in [-0.3, -0.25) is 14.6 Å². The molecule has 1 amide bonds. The van der Waals surface area contributed by atoms with Crippen LogP contribution in [0.25, 0.3) is 0 Å². The summed E-state index contributed by atoms with van der Waals surface area (Å²) in [5.41, 5.74) is 1.38. The topological polar surface area (TPSA) is 74.2 Å². The third kappa shape index (κ3) is 7.64. The van der Waals surface area contributed by atoms with Gasteiger partial charge in [-0.15, -0.1) is 24.0 Å². The van der Waals surface area contributed by atoms with Crippen molar-refractivity contribution in [3.8, 4) is 0 Å². The molecule has 0 saturated carbocycles. The van der Waals surface area contributed by atoms with Crippen molar-refractivity contribution >= 4 is 41.8 Å². The number of hydrogen-bond donors (Lipinski definition) is 1. The molecule has 8 heteroatoms. The van der Waals surface area contributed by atoms with E-state index in [1.165, 1.54) is 5.56 Å². The number of nitrogens with zero attached hydrogens (tertiary/aromatic N) is 3. The van der Waals surface area contributed by atoms with Gasteiger partial charge in [0, 0.05) is 33.2 Å². The van der Waals surface area contributed by atoms with E-state index in [4.69, 9.17) is 4.74 Å². The maximum absolute atomic E-state index is 12.7. The van der Waals surface area contributed by atoms with Crippen molar-refractivity contribution in [2.24, 2.45) is 16.8 Å². The fourth-order valence-corrected chi connectivity index (χ4v) is 4.52. The van der Waals surface area contributed by atoms with Crippen molar-refractivity contribution in [2.45, 2.75) is 39.0 Å². The number of hydrogen-bond acceptors (Lipinski definition) is 4. The highest BCUT2D eigenvalue weighted by Crippen LogP contribution is 2.22. The standard InChI is InChI=1S/C24H36N4O3.HI/c1-3-31-23(30)21-11-15-28(16-12-21)24(25-2)26-18-22(29)27-13-9-20(10-14-27)17-19-7-5-4-6-8-19;/h4-8,20-21H,3,9-18H2,1-2H3,(H,25,26);1H. The number of amides is 1. The second-order valence-electron chi connectivity index (χ2n) is 8.43. The van der Waals surface area contributed by atoms with Crippen LogP contribution in [0.4, 0.5) is 0 Å². The number of nitrogens with one attached hydrogen (secondary N) is 1. The highest BCUT2D eigenvalue weighted by molar-refractivity contribution is 14.0. The van der Waals surface area contributed by atoms with Crippen LogP contribution >= 0.6 is 24.0 Å². The molecule has 3 rings (SSSR count). The molecule has 0 aliphatic carbocycles. The molecule has 32 heavy (non-hydrogen) atoms. The molecule has 0 atom stereocenters. The first kappa shape index (κ1) is 26.4. The van der Waals surface area contributed by atoms with Crippen LogP contribution in [-0.2, 0) is 20.7 Å². The molecular weight excluding hydrogens is 519 g/mol. The number of esters is 1. The Bertz CT molecular complexity index is 743. The lowest BCUT2D eigenvalue weighted by Crippen LogP contribution is -2.50. The summed E-state index contributed by atoms with van der Waals surface area (Å²) in [7, 11) is 1.74. The maximum atomic E-state index is 12.7. The summed E-state index contributed by atoms with van der Waals surface area (Å²) in [6.45, 7) is 5.64. The van der Waals surface area contributed by atoms with Gasteiger partial charge >= 0.3 is 5.97 Å². The minimum atomic E-state index is -0.101. The summed E-state index contributed by atoms with van der Waals surface area (Å²) >= 11 is 0. The normalized spacial score (nSPS) is 18.1. The zero-order valence-corrected chi connectivity index (χ0v) is 21.6. The van der Waals surface area contributed by atoms with E-state index in [2.05, 4.69) is 39.5 Å². The van der Waals surface area contributed by atoms with E-state index in [-0.39, 0.29) is 48.3 Å². The van der Waals surface area contributed by atoms with Crippen LogP contribution < -0.4 is 5.32 Å². The molecular formula is C24H37IN4O3. The number of likely N-dealkylation sites (tertiary alicyclic amines) is 2. The number of guanidine groups is 1. The van der Waals surface area contributed by atoms with Crippen molar-refractivity contribution in [3.63, 3.8) is 0 Å². The number of ether oxygens (including phenoxy) is 1. The Labute approximate surface area is 209 Å². The first-order valence-corrected chi connectivity index (χ1v) is 11.5. The summed E-state index contributed by atoms with van der Waals surface area (Å²) in [5.74, 6) is 1.37. The van der Waals surface area contributed by atoms with Crippen LogP contribution in [0.5, 0.6) is 0 Å². The maximum Gasteiger partial charge on any atom is 0.309 e. The van der Waals surface area contributed by atoms with Crippen molar-refractivity contribution in [3.05, 3.63) is 35.9 Å². The summed E-state index contributed by atoms with van der Waals surface area (Å²) in [6.07, 6.45) is 4.70. The van der Waals surface area contributed by atoms with E-state index in [1.54, 1.807) is 7.05 Å². The van der Waals surface area contributed by atoms with E-state index < -0.39 is 0 Å². The average Bonchev–Trinajstić information content (AvgIpc) is 2.81. The average molecular weight is 556 g/mol. The van der Waals surface area contributed by atoms with Gasteiger partial charge in [-0.2, -0.15) is 0 Å². The van der Waals surface area contributed by atoms with E-state index in [9.17, 15) is 9.59 Å². The Morgan fingerprint density at radius 2 is 1.66 bits per heavy atom. The van der Waals surface area contributed by atoms with Crippen molar-refractivity contribution in [1.29, 1.82) is 0 Å². The molecule has 0 bridgehead atoms. The molecule has 1 N–H and O–H groups in total. The lowest BCUT2D eigenvalue weighted by Gasteiger charge is -2.34. The third-order valence-electron chi connectivity index (χ3n) is 6.36. The van der Waals surface area contributed by atoms with Gasteiger partial charge in [-0.25, -0.2) is 0 Å². The fourth-order valence-electron chi connectivity index (χ4n) is 4.52. The lowest BCUT2D eigenvalue weighted by atomic mass is 9.90. The predicted molar refractivity (Wildman–Crippen MR) is 137 cm³/mol. The first-order valence-electron chi connectivity index (χ1n) is 11.5. The van der Waals surface area contributed by atoms with Crippen molar-refractivity contribution in [2.75, 3.05) is 46.4 Å². The summed E-state index contributed by atoms with van der Waals surface area (Å²) in [6, 6.07) is 10.6. The van der Waals surface area contributed by atoms with E-state index in [0.29, 0.717) is 12.5 Å². The molecule has 2 aliphatic heterocycles. The molecule has 1 aromatic rings. The van der Waals surface area contributed by atoms with Crippen LogP contribution in [-0.4, -0.2) is 74.0 Å². The molecule has 178 valence electrons. The van der Waals surface area contributed by atoms with Gasteiger partial charge in [0.05, 0.1) is 19.1 Å². The molecule has 0 spiro atoms. The molecule has 7 nitrogen and oxygen atoms in total. The SMILES string of the molecule is CCOC(=O)C1CCN(C(=NC)NCC(=O)N2CCC(Cc3ccccc3)CC2)CC1.I. The second kappa shape index (κ2) is 13.6. The Morgan fingerprint density at radius 1 is 1.03 bits per heavy atom. The van der Waals surface area contributed by atoms with Crippen LogP contribution in [0, 0.1) is 11.8 Å². The van der Waals surface area contributed by atoms with Crippen LogP contribution in [0.15, 0.2) is 35.3 Å². The summed E-state index contributed by atoms with van der Waals surface area (Å²) in [4.78, 5) is 33.1. The Morgan fingerprint density at radius 3 is 2.25 bits per heavy atom. The third-order valence-corrected chi connectivity index (χ3v) is 6.36. The first-order chi connectivity index (χ1) is 15.1. The van der Waals surface area contributed by atoms with E-state index in [1.807, 2.05) is 17.9 Å². The summed E-state index contributed by atoms with van der Waals surface area (Å²) in [5, 5.41) is 3.23. The molecule has 0 aromatic heterocycles. The molecule has 2 aliphatic rings. The largest absolute Gasteiger partial charge is 0.466 e. The minimum Gasteiger partial charge on any atom is -0.466 e. The quantitative estimate of drug-likeness (QED) is 0.253. The Hall–Kier alpha value is -1.84. The second-order valence-corrected chi connectivity index (χ2v) is 8.43. The summed E-state index contributed by atoms with van der Waals surface area (Å²) < 4.78 is 5.14. The number of carbonyl (C=O) groups excluding carboxylic acids is 2. The zero-order valence-electron chi connectivity index (χ0n) is 19.3. The van der Waals surface area contributed by atoms with Gasteiger partial charge in [0.15, 0.2) is 5.96 Å². The van der Waals surface area contributed by atoms with Crippen molar-refractivity contribution < 1.29 is 14.3 Å². The van der Waals surface area contributed by atoms with Gasteiger partial charge < -0.3 is 19.9 Å². The number of halogens is 1. The predicted octanol–water partition coefficient (Wildman–Crippen LogP) is 2.94. The number of carbonyl (C=O) groups is 2. The highest BCUT2D eigenvalue weighted by Gasteiger charge is 2.28. The number of rotatable bonds is 6. The molecule has 0 radical (unpaired) electrons. The van der Waals surface area contributed by atoms with Crippen LogP contribution in [0.3, 0.4) is 0 Å². The Kier molecular flexibility index (Phi) is 11.3. The lowest BCUT2D eigenvalue weighted by molar-refractivity contribution is -0.149. The van der Waals surface area contributed by atoms with Crippen LogP contribution in [0.1, 0.15) is 38.2 Å². The van der Waals surface area contributed by atoms with Gasteiger partial charge in [0.1, 0.15) is 0 Å².